The van der Waals surface area contributed by atoms with E-state index < -0.39 is 0 Å². The topological polar surface area (TPSA) is 68.3 Å². The molecule has 1 atom stereocenters. The molecule has 0 amide bonds. The highest BCUT2D eigenvalue weighted by Crippen LogP contribution is 2.25. The zero-order valence-electron chi connectivity index (χ0n) is 11.7. The lowest BCUT2D eigenvalue weighted by molar-refractivity contribution is 0.0901. The van der Waals surface area contributed by atoms with Gasteiger partial charge in [0.15, 0.2) is 0 Å². The predicted octanol–water partition coefficient (Wildman–Crippen LogP) is 2.54. The average molecular weight is 262 g/mol. The molecule has 19 heavy (non-hydrogen) atoms. The van der Waals surface area contributed by atoms with Crippen molar-refractivity contribution >= 4 is 5.84 Å². The van der Waals surface area contributed by atoms with Gasteiger partial charge in [-0.1, -0.05) is 0 Å². The van der Waals surface area contributed by atoms with Gasteiger partial charge in [-0.2, -0.15) is 0 Å². The van der Waals surface area contributed by atoms with Crippen LogP contribution in [0.4, 0.5) is 0 Å². The normalized spacial score (nSPS) is 18.5. The summed E-state index contributed by atoms with van der Waals surface area (Å²) < 4.78 is 11.5. The van der Waals surface area contributed by atoms with Gasteiger partial charge >= 0.3 is 0 Å². The lowest BCUT2D eigenvalue weighted by atomic mass is 10.1. The van der Waals surface area contributed by atoms with E-state index >= 15 is 0 Å². The molecule has 4 heteroatoms. The van der Waals surface area contributed by atoms with Crippen molar-refractivity contribution in [3.8, 4) is 5.75 Å². The van der Waals surface area contributed by atoms with Crippen molar-refractivity contribution in [3.63, 3.8) is 0 Å². The predicted molar refractivity (Wildman–Crippen MR) is 76.0 cm³/mol. The minimum absolute atomic E-state index is 0.0945. The van der Waals surface area contributed by atoms with E-state index in [0.717, 1.165) is 48.3 Å². The van der Waals surface area contributed by atoms with E-state index in [1.807, 2.05) is 26.0 Å². The lowest BCUT2D eigenvalue weighted by Gasteiger charge is -2.15. The van der Waals surface area contributed by atoms with Crippen molar-refractivity contribution in [2.24, 2.45) is 5.73 Å². The molecule has 1 fully saturated rings. The van der Waals surface area contributed by atoms with E-state index in [2.05, 4.69) is 0 Å². The molecule has 104 valence electrons. The van der Waals surface area contributed by atoms with Gasteiger partial charge in [-0.15, -0.1) is 0 Å². The molecule has 0 spiro atoms. The molecule has 0 aliphatic carbocycles. The van der Waals surface area contributed by atoms with E-state index in [9.17, 15) is 0 Å². The SMILES string of the molecule is Cc1cc(C(=N)N)cc(C)c1OCCC1CCCO1. The van der Waals surface area contributed by atoms with Crippen LogP contribution in [-0.4, -0.2) is 25.2 Å². The Bertz CT molecular complexity index is 442. The molecular weight excluding hydrogens is 240 g/mol. The van der Waals surface area contributed by atoms with Crippen LogP contribution in [0.3, 0.4) is 0 Å². The van der Waals surface area contributed by atoms with Crippen LogP contribution in [0.15, 0.2) is 12.1 Å². The smallest absolute Gasteiger partial charge is 0.125 e. The summed E-state index contributed by atoms with van der Waals surface area (Å²) in [7, 11) is 0. The van der Waals surface area contributed by atoms with Crippen molar-refractivity contribution < 1.29 is 9.47 Å². The molecule has 1 heterocycles. The molecule has 1 unspecified atom stereocenters. The summed E-state index contributed by atoms with van der Waals surface area (Å²) in [5.74, 6) is 1.00. The highest BCUT2D eigenvalue weighted by atomic mass is 16.5. The molecule has 3 N–H and O–H groups in total. The summed E-state index contributed by atoms with van der Waals surface area (Å²) in [6.45, 7) is 5.53. The first-order valence-electron chi connectivity index (χ1n) is 6.78. The molecule has 0 aromatic heterocycles. The first kappa shape index (κ1) is 13.9. The van der Waals surface area contributed by atoms with Gasteiger partial charge < -0.3 is 15.2 Å². The molecule has 0 bridgehead atoms. The molecule has 1 aliphatic heterocycles. The molecule has 1 aliphatic rings. The zero-order chi connectivity index (χ0) is 13.8. The van der Waals surface area contributed by atoms with Crippen LogP contribution >= 0.6 is 0 Å². The van der Waals surface area contributed by atoms with E-state index in [1.54, 1.807) is 0 Å². The molecule has 1 aromatic carbocycles. The monoisotopic (exact) mass is 262 g/mol. The number of aryl methyl sites for hydroxylation is 2. The fraction of sp³-hybridized carbons (Fsp3) is 0.533. The second kappa shape index (κ2) is 6.06. The third-order valence-corrected chi connectivity index (χ3v) is 3.48. The Morgan fingerprint density at radius 2 is 2.11 bits per heavy atom. The van der Waals surface area contributed by atoms with Crippen LogP contribution in [0, 0.1) is 19.3 Å². The van der Waals surface area contributed by atoms with Crippen molar-refractivity contribution in [3.05, 3.63) is 28.8 Å². The van der Waals surface area contributed by atoms with Crippen LogP contribution in [-0.2, 0) is 4.74 Å². The number of rotatable bonds is 5. The fourth-order valence-corrected chi connectivity index (χ4v) is 2.50. The number of hydrogen-bond acceptors (Lipinski definition) is 3. The number of hydrogen-bond donors (Lipinski definition) is 2. The van der Waals surface area contributed by atoms with E-state index in [4.69, 9.17) is 20.6 Å². The van der Waals surface area contributed by atoms with Gasteiger partial charge in [0.05, 0.1) is 12.7 Å². The maximum atomic E-state index is 7.47. The van der Waals surface area contributed by atoms with E-state index in [0.29, 0.717) is 12.7 Å². The summed E-state index contributed by atoms with van der Waals surface area (Å²) in [6, 6.07) is 3.80. The van der Waals surface area contributed by atoms with Gasteiger partial charge in [0.1, 0.15) is 11.6 Å². The second-order valence-electron chi connectivity index (χ2n) is 5.13. The standard InChI is InChI=1S/C15H22N2O2/c1-10-8-12(15(16)17)9-11(2)14(10)19-7-5-13-4-3-6-18-13/h8-9,13H,3-7H2,1-2H3,(H3,16,17). The first-order valence-corrected chi connectivity index (χ1v) is 6.78. The number of nitrogens with two attached hydrogens (primary N) is 1. The third kappa shape index (κ3) is 3.47. The van der Waals surface area contributed by atoms with Gasteiger partial charge in [-0.05, 0) is 49.9 Å². The van der Waals surface area contributed by atoms with Crippen LogP contribution in [0.5, 0.6) is 5.75 Å². The number of nitrogen functional groups attached to an aromatic ring is 1. The van der Waals surface area contributed by atoms with Crippen molar-refractivity contribution in [2.75, 3.05) is 13.2 Å². The van der Waals surface area contributed by atoms with Gasteiger partial charge in [-0.25, -0.2) is 0 Å². The molecule has 2 rings (SSSR count). The maximum Gasteiger partial charge on any atom is 0.125 e. The van der Waals surface area contributed by atoms with Crippen LogP contribution in [0.25, 0.3) is 0 Å². The number of ether oxygens (including phenoxy) is 2. The number of nitrogens with one attached hydrogen (secondary N) is 1. The highest BCUT2D eigenvalue weighted by molar-refractivity contribution is 5.95. The minimum atomic E-state index is 0.0945. The highest BCUT2D eigenvalue weighted by Gasteiger charge is 2.16. The third-order valence-electron chi connectivity index (χ3n) is 3.48. The summed E-state index contributed by atoms with van der Waals surface area (Å²) in [5.41, 5.74) is 8.31. The summed E-state index contributed by atoms with van der Waals surface area (Å²) >= 11 is 0. The van der Waals surface area contributed by atoms with Gasteiger partial charge in [0.2, 0.25) is 0 Å². The fourth-order valence-electron chi connectivity index (χ4n) is 2.50. The Hall–Kier alpha value is -1.55. The van der Waals surface area contributed by atoms with Crippen molar-refractivity contribution in [1.82, 2.24) is 0 Å². The molecule has 0 radical (unpaired) electrons. The average Bonchev–Trinajstić information content (AvgIpc) is 2.85. The molecule has 4 nitrogen and oxygen atoms in total. The first-order chi connectivity index (χ1) is 9.08. The summed E-state index contributed by atoms with van der Waals surface area (Å²) in [4.78, 5) is 0. The Kier molecular flexibility index (Phi) is 4.43. The number of amidine groups is 1. The molecular formula is C15H22N2O2. The Morgan fingerprint density at radius 1 is 1.42 bits per heavy atom. The van der Waals surface area contributed by atoms with Crippen molar-refractivity contribution in [1.29, 1.82) is 5.41 Å². The van der Waals surface area contributed by atoms with Gasteiger partial charge in [0, 0.05) is 18.6 Å². The maximum absolute atomic E-state index is 7.47. The van der Waals surface area contributed by atoms with E-state index in [-0.39, 0.29) is 5.84 Å². The van der Waals surface area contributed by atoms with Crippen LogP contribution in [0.1, 0.15) is 36.0 Å². The Morgan fingerprint density at radius 3 is 2.63 bits per heavy atom. The molecule has 0 saturated carbocycles. The molecule has 1 aromatic rings. The van der Waals surface area contributed by atoms with Gasteiger partial charge in [0.25, 0.3) is 0 Å². The van der Waals surface area contributed by atoms with Crippen molar-refractivity contribution in [2.45, 2.75) is 39.2 Å². The number of benzene rings is 1. The van der Waals surface area contributed by atoms with Crippen LogP contribution in [0.2, 0.25) is 0 Å². The van der Waals surface area contributed by atoms with E-state index in [1.165, 1.54) is 0 Å². The molecule has 1 saturated heterocycles. The second-order valence-corrected chi connectivity index (χ2v) is 5.13. The Balaban J connectivity index is 1.97. The Labute approximate surface area is 114 Å². The lowest BCUT2D eigenvalue weighted by Crippen LogP contribution is -2.13. The summed E-state index contributed by atoms with van der Waals surface area (Å²) in [5, 5.41) is 7.47. The van der Waals surface area contributed by atoms with Crippen LogP contribution < -0.4 is 10.5 Å². The largest absolute Gasteiger partial charge is 0.493 e. The minimum Gasteiger partial charge on any atom is -0.493 e. The quantitative estimate of drug-likeness (QED) is 0.633. The van der Waals surface area contributed by atoms with Gasteiger partial charge in [-0.3, -0.25) is 5.41 Å². The summed E-state index contributed by atoms with van der Waals surface area (Å²) in [6.07, 6.45) is 3.60. The zero-order valence-corrected chi connectivity index (χ0v) is 11.7.